The molecule has 3 aromatic rings. The zero-order valence-electron chi connectivity index (χ0n) is 12.5. The van der Waals surface area contributed by atoms with Crippen LogP contribution < -0.4 is 10.6 Å². The molecule has 0 spiro atoms. The molecule has 6 heteroatoms. The standard InChI is InChI=1S/C16H18N4OS/c1-10-2-3-11(21-10)4-7-18-15-14-12-5-6-17-8-13(12)22-16(14)20-9-19-15/h2-3,9,17H,4-8H2,1H3,(H,18,19,20). The molecule has 0 saturated heterocycles. The van der Waals surface area contributed by atoms with E-state index in [1.54, 1.807) is 17.7 Å². The third-order valence-corrected chi connectivity index (χ3v) is 5.11. The van der Waals surface area contributed by atoms with E-state index in [9.17, 15) is 0 Å². The van der Waals surface area contributed by atoms with Gasteiger partial charge in [-0.15, -0.1) is 11.3 Å². The van der Waals surface area contributed by atoms with E-state index < -0.39 is 0 Å². The summed E-state index contributed by atoms with van der Waals surface area (Å²) in [5, 5.41) is 8.08. The number of fused-ring (bicyclic) bond motifs is 3. The van der Waals surface area contributed by atoms with Crippen LogP contribution in [0.4, 0.5) is 5.82 Å². The molecule has 0 unspecified atom stereocenters. The van der Waals surface area contributed by atoms with E-state index in [1.165, 1.54) is 15.8 Å². The topological polar surface area (TPSA) is 63.0 Å². The highest BCUT2D eigenvalue weighted by atomic mass is 32.1. The maximum absolute atomic E-state index is 5.61. The molecule has 0 radical (unpaired) electrons. The van der Waals surface area contributed by atoms with E-state index in [-0.39, 0.29) is 0 Å². The fourth-order valence-electron chi connectivity index (χ4n) is 2.92. The minimum absolute atomic E-state index is 0.807. The van der Waals surface area contributed by atoms with Gasteiger partial charge in [0.2, 0.25) is 0 Å². The molecular weight excluding hydrogens is 296 g/mol. The fourth-order valence-corrected chi connectivity index (χ4v) is 4.07. The van der Waals surface area contributed by atoms with Gasteiger partial charge in [-0.25, -0.2) is 9.97 Å². The molecule has 0 fully saturated rings. The molecule has 0 aromatic carbocycles. The number of aromatic nitrogens is 2. The van der Waals surface area contributed by atoms with Gasteiger partial charge in [-0.1, -0.05) is 0 Å². The molecule has 3 aromatic heterocycles. The van der Waals surface area contributed by atoms with Gasteiger partial charge in [0.05, 0.1) is 5.39 Å². The zero-order chi connectivity index (χ0) is 14.9. The maximum atomic E-state index is 5.61. The molecule has 4 heterocycles. The average Bonchev–Trinajstić information content (AvgIpc) is 3.11. The van der Waals surface area contributed by atoms with Gasteiger partial charge in [0.25, 0.3) is 0 Å². The minimum atomic E-state index is 0.807. The lowest BCUT2D eigenvalue weighted by Crippen LogP contribution is -2.22. The molecule has 4 rings (SSSR count). The number of furan rings is 1. The summed E-state index contributed by atoms with van der Waals surface area (Å²) in [5.74, 6) is 2.92. The van der Waals surface area contributed by atoms with Crippen molar-refractivity contribution in [2.24, 2.45) is 0 Å². The Morgan fingerprint density at radius 2 is 2.32 bits per heavy atom. The summed E-state index contributed by atoms with van der Waals surface area (Å²) in [4.78, 5) is 11.4. The summed E-state index contributed by atoms with van der Waals surface area (Å²) in [7, 11) is 0. The summed E-state index contributed by atoms with van der Waals surface area (Å²) < 4.78 is 5.61. The van der Waals surface area contributed by atoms with E-state index in [2.05, 4.69) is 20.6 Å². The Morgan fingerprint density at radius 1 is 1.36 bits per heavy atom. The van der Waals surface area contributed by atoms with Crippen LogP contribution in [0.5, 0.6) is 0 Å². The van der Waals surface area contributed by atoms with E-state index in [1.807, 2.05) is 19.1 Å². The Balaban J connectivity index is 1.57. The van der Waals surface area contributed by atoms with Gasteiger partial charge in [-0.2, -0.15) is 0 Å². The number of anilines is 1. The monoisotopic (exact) mass is 314 g/mol. The Labute approximate surface area is 132 Å². The molecule has 22 heavy (non-hydrogen) atoms. The first-order valence-electron chi connectivity index (χ1n) is 7.56. The highest BCUT2D eigenvalue weighted by molar-refractivity contribution is 7.18. The molecule has 0 atom stereocenters. The Bertz CT molecular complexity index is 808. The lowest BCUT2D eigenvalue weighted by molar-refractivity contribution is 0.486. The van der Waals surface area contributed by atoms with Gasteiger partial charge < -0.3 is 15.1 Å². The number of nitrogens with one attached hydrogen (secondary N) is 2. The average molecular weight is 314 g/mol. The van der Waals surface area contributed by atoms with Crippen molar-refractivity contribution in [3.05, 3.63) is 40.4 Å². The van der Waals surface area contributed by atoms with Crippen molar-refractivity contribution in [1.29, 1.82) is 0 Å². The van der Waals surface area contributed by atoms with Crippen LogP contribution >= 0.6 is 11.3 Å². The van der Waals surface area contributed by atoms with Crippen molar-refractivity contribution in [1.82, 2.24) is 15.3 Å². The summed E-state index contributed by atoms with van der Waals surface area (Å²) in [6.07, 6.45) is 3.55. The third kappa shape index (κ3) is 2.48. The number of hydrogen-bond donors (Lipinski definition) is 2. The normalized spacial score (nSPS) is 14.2. The van der Waals surface area contributed by atoms with Crippen LogP contribution in [-0.4, -0.2) is 23.1 Å². The van der Waals surface area contributed by atoms with Crippen LogP contribution in [0.3, 0.4) is 0 Å². The van der Waals surface area contributed by atoms with Gasteiger partial charge in [-0.05, 0) is 37.6 Å². The van der Waals surface area contributed by atoms with Crippen molar-refractivity contribution in [2.45, 2.75) is 26.3 Å². The molecule has 5 nitrogen and oxygen atoms in total. The molecule has 1 aliphatic heterocycles. The Hall–Kier alpha value is -1.92. The van der Waals surface area contributed by atoms with E-state index in [4.69, 9.17) is 4.42 Å². The van der Waals surface area contributed by atoms with E-state index >= 15 is 0 Å². The molecule has 0 bridgehead atoms. The summed E-state index contributed by atoms with van der Waals surface area (Å²) >= 11 is 1.77. The highest BCUT2D eigenvalue weighted by Crippen LogP contribution is 2.35. The molecule has 0 aliphatic carbocycles. The second-order valence-corrected chi connectivity index (χ2v) is 6.61. The second-order valence-electron chi connectivity index (χ2n) is 5.52. The van der Waals surface area contributed by atoms with Crippen LogP contribution in [0.1, 0.15) is 22.0 Å². The first-order chi connectivity index (χ1) is 10.8. The number of nitrogens with zero attached hydrogens (tertiary/aromatic N) is 2. The first-order valence-corrected chi connectivity index (χ1v) is 8.38. The van der Waals surface area contributed by atoms with Crippen LogP contribution in [0.2, 0.25) is 0 Å². The van der Waals surface area contributed by atoms with Crippen LogP contribution in [-0.2, 0) is 19.4 Å². The van der Waals surface area contributed by atoms with Crippen molar-refractivity contribution in [2.75, 3.05) is 18.4 Å². The zero-order valence-corrected chi connectivity index (χ0v) is 13.3. The van der Waals surface area contributed by atoms with Crippen LogP contribution in [0.25, 0.3) is 10.2 Å². The van der Waals surface area contributed by atoms with Gasteiger partial charge in [0.15, 0.2) is 0 Å². The molecule has 1 aliphatic rings. The lowest BCUT2D eigenvalue weighted by atomic mass is 10.1. The summed E-state index contributed by atoms with van der Waals surface area (Å²) in [5.41, 5.74) is 1.41. The molecular formula is C16H18N4OS. The van der Waals surface area contributed by atoms with Crippen molar-refractivity contribution in [3.63, 3.8) is 0 Å². The number of aryl methyl sites for hydroxylation is 1. The molecule has 2 N–H and O–H groups in total. The predicted octanol–water partition coefficient (Wildman–Crippen LogP) is 2.89. The predicted molar refractivity (Wildman–Crippen MR) is 88.5 cm³/mol. The molecule has 114 valence electrons. The summed E-state index contributed by atoms with van der Waals surface area (Å²) in [6.45, 7) is 4.75. The van der Waals surface area contributed by atoms with E-state index in [0.717, 1.165) is 54.6 Å². The fraction of sp³-hybridized carbons (Fsp3) is 0.375. The van der Waals surface area contributed by atoms with Gasteiger partial charge >= 0.3 is 0 Å². The van der Waals surface area contributed by atoms with Crippen LogP contribution in [0.15, 0.2) is 22.9 Å². The summed E-state index contributed by atoms with van der Waals surface area (Å²) in [6, 6.07) is 4.03. The molecule has 0 amide bonds. The Morgan fingerprint density at radius 3 is 3.18 bits per heavy atom. The van der Waals surface area contributed by atoms with Crippen molar-refractivity contribution < 1.29 is 4.42 Å². The Kier molecular flexibility index (Phi) is 3.56. The van der Waals surface area contributed by atoms with Crippen molar-refractivity contribution in [3.8, 4) is 0 Å². The smallest absolute Gasteiger partial charge is 0.138 e. The number of hydrogen-bond acceptors (Lipinski definition) is 6. The van der Waals surface area contributed by atoms with Gasteiger partial charge in [0, 0.05) is 24.4 Å². The largest absolute Gasteiger partial charge is 0.466 e. The lowest BCUT2D eigenvalue weighted by Gasteiger charge is -2.13. The quantitative estimate of drug-likeness (QED) is 0.775. The van der Waals surface area contributed by atoms with Crippen LogP contribution in [0, 0.1) is 6.92 Å². The van der Waals surface area contributed by atoms with Gasteiger partial charge in [-0.3, -0.25) is 0 Å². The minimum Gasteiger partial charge on any atom is -0.466 e. The van der Waals surface area contributed by atoms with Crippen molar-refractivity contribution >= 4 is 27.4 Å². The number of rotatable bonds is 4. The second kappa shape index (κ2) is 5.70. The first kappa shape index (κ1) is 13.7. The maximum Gasteiger partial charge on any atom is 0.138 e. The molecule has 0 saturated carbocycles. The van der Waals surface area contributed by atoms with Gasteiger partial charge in [0.1, 0.15) is 28.5 Å². The SMILES string of the molecule is Cc1ccc(CCNc2ncnc3sc4c(c23)CCNC4)o1. The number of thiophene rings is 1. The van der Waals surface area contributed by atoms with E-state index in [0.29, 0.717) is 0 Å². The third-order valence-electron chi connectivity index (χ3n) is 3.97. The highest BCUT2D eigenvalue weighted by Gasteiger charge is 2.19.